The molecule has 21 heavy (non-hydrogen) atoms. The van der Waals surface area contributed by atoms with Crippen LogP contribution in [0.25, 0.3) is 11.3 Å². The molecular formula is C18H17NOS. The van der Waals surface area contributed by atoms with Gasteiger partial charge >= 0.3 is 0 Å². The van der Waals surface area contributed by atoms with E-state index in [9.17, 15) is 5.11 Å². The minimum atomic E-state index is 0.316. The number of hydrogen-bond donors (Lipinski definition) is 1. The number of aryl methyl sites for hydroxylation is 2. The van der Waals surface area contributed by atoms with Crippen LogP contribution in [0.4, 0.5) is 0 Å². The van der Waals surface area contributed by atoms with E-state index in [1.807, 2.05) is 36.4 Å². The molecule has 0 saturated carbocycles. The van der Waals surface area contributed by atoms with E-state index in [0.29, 0.717) is 10.8 Å². The third-order valence-corrected chi connectivity index (χ3v) is 4.32. The Kier molecular flexibility index (Phi) is 4.31. The van der Waals surface area contributed by atoms with Gasteiger partial charge in [-0.3, -0.25) is 0 Å². The second-order valence-electron chi connectivity index (χ2n) is 4.97. The molecule has 0 aliphatic carbocycles. The van der Waals surface area contributed by atoms with E-state index in [1.54, 1.807) is 0 Å². The Morgan fingerprint density at radius 1 is 0.857 bits per heavy atom. The van der Waals surface area contributed by atoms with Crippen molar-refractivity contribution in [1.82, 2.24) is 4.98 Å². The minimum Gasteiger partial charge on any atom is -0.498 e. The number of aromatic hydroxyl groups is 1. The van der Waals surface area contributed by atoms with Crippen molar-refractivity contribution >= 4 is 11.3 Å². The van der Waals surface area contributed by atoms with E-state index in [0.717, 1.165) is 29.8 Å². The van der Waals surface area contributed by atoms with Crippen LogP contribution in [0.1, 0.15) is 17.0 Å². The first-order chi connectivity index (χ1) is 10.3. The molecule has 0 fully saturated rings. The van der Waals surface area contributed by atoms with Crippen molar-refractivity contribution < 1.29 is 5.11 Å². The van der Waals surface area contributed by atoms with Gasteiger partial charge in [0, 0.05) is 5.56 Å². The van der Waals surface area contributed by atoms with E-state index in [2.05, 4.69) is 29.2 Å². The Balaban J connectivity index is 1.65. The normalized spacial score (nSPS) is 10.7. The van der Waals surface area contributed by atoms with Crippen LogP contribution in [0.2, 0.25) is 0 Å². The van der Waals surface area contributed by atoms with E-state index in [1.165, 1.54) is 16.9 Å². The predicted molar refractivity (Wildman–Crippen MR) is 87.7 cm³/mol. The van der Waals surface area contributed by atoms with Crippen LogP contribution in [-0.2, 0) is 12.8 Å². The molecule has 3 aromatic rings. The molecule has 0 saturated heterocycles. The maximum atomic E-state index is 10.1. The van der Waals surface area contributed by atoms with E-state index < -0.39 is 0 Å². The molecule has 0 bridgehead atoms. The van der Waals surface area contributed by atoms with E-state index in [4.69, 9.17) is 0 Å². The summed E-state index contributed by atoms with van der Waals surface area (Å²) in [4.78, 5) is 4.58. The fourth-order valence-corrected chi connectivity index (χ4v) is 3.20. The average molecular weight is 295 g/mol. The molecule has 0 unspecified atom stereocenters. The number of nitrogens with zero attached hydrogens (tertiary/aromatic N) is 1. The zero-order chi connectivity index (χ0) is 14.5. The fraction of sp³-hybridized carbons (Fsp3) is 0.167. The quantitative estimate of drug-likeness (QED) is 0.740. The van der Waals surface area contributed by atoms with Crippen LogP contribution in [0.3, 0.4) is 0 Å². The monoisotopic (exact) mass is 295 g/mol. The van der Waals surface area contributed by atoms with Crippen molar-refractivity contribution in [2.75, 3.05) is 0 Å². The average Bonchev–Trinajstić information content (AvgIpc) is 2.90. The molecule has 1 heterocycles. The van der Waals surface area contributed by atoms with Crippen LogP contribution in [0, 0.1) is 0 Å². The molecule has 3 heteroatoms. The predicted octanol–water partition coefficient (Wildman–Crippen LogP) is 4.69. The highest BCUT2D eigenvalue weighted by atomic mass is 32.1. The van der Waals surface area contributed by atoms with Gasteiger partial charge in [-0.15, -0.1) is 0 Å². The Labute approximate surface area is 128 Å². The number of hydrogen-bond acceptors (Lipinski definition) is 3. The molecule has 0 radical (unpaired) electrons. The lowest BCUT2D eigenvalue weighted by Gasteiger charge is -1.99. The molecular weight excluding hydrogens is 278 g/mol. The molecule has 1 N–H and O–H groups in total. The van der Waals surface area contributed by atoms with Gasteiger partial charge in [-0.05, 0) is 24.8 Å². The summed E-state index contributed by atoms with van der Waals surface area (Å²) in [6.07, 6.45) is 2.99. The van der Waals surface area contributed by atoms with Crippen LogP contribution in [0.15, 0.2) is 60.7 Å². The van der Waals surface area contributed by atoms with Crippen molar-refractivity contribution in [3.05, 3.63) is 71.2 Å². The standard InChI is InChI=1S/C18H17NOS/c20-18-17(15-11-5-2-6-12-15)19-16(21-18)13-7-10-14-8-3-1-4-9-14/h1-6,8-9,11-12,20H,7,10,13H2. The summed E-state index contributed by atoms with van der Waals surface area (Å²) in [5, 5.41) is 11.4. The second-order valence-corrected chi connectivity index (χ2v) is 6.03. The Hall–Kier alpha value is -2.13. The van der Waals surface area contributed by atoms with Gasteiger partial charge in [0.25, 0.3) is 0 Å². The highest BCUT2D eigenvalue weighted by molar-refractivity contribution is 7.13. The summed E-state index contributed by atoms with van der Waals surface area (Å²) in [5.74, 6) is 0. The largest absolute Gasteiger partial charge is 0.498 e. The lowest BCUT2D eigenvalue weighted by atomic mass is 10.1. The van der Waals surface area contributed by atoms with Gasteiger partial charge in [0.1, 0.15) is 5.69 Å². The van der Waals surface area contributed by atoms with Crippen molar-refractivity contribution in [2.24, 2.45) is 0 Å². The smallest absolute Gasteiger partial charge is 0.199 e. The van der Waals surface area contributed by atoms with E-state index in [-0.39, 0.29) is 0 Å². The Morgan fingerprint density at radius 3 is 2.24 bits per heavy atom. The molecule has 3 rings (SSSR count). The molecule has 2 nitrogen and oxygen atoms in total. The highest BCUT2D eigenvalue weighted by Gasteiger charge is 2.11. The summed E-state index contributed by atoms with van der Waals surface area (Å²) in [7, 11) is 0. The number of thiazole rings is 1. The molecule has 0 spiro atoms. The molecule has 0 atom stereocenters. The van der Waals surface area contributed by atoms with Crippen molar-refractivity contribution in [1.29, 1.82) is 0 Å². The van der Waals surface area contributed by atoms with Gasteiger partial charge in [0.15, 0.2) is 5.06 Å². The van der Waals surface area contributed by atoms with Crippen LogP contribution < -0.4 is 0 Å². The van der Waals surface area contributed by atoms with Crippen molar-refractivity contribution in [3.63, 3.8) is 0 Å². The van der Waals surface area contributed by atoms with Gasteiger partial charge in [-0.1, -0.05) is 72.0 Å². The van der Waals surface area contributed by atoms with Crippen LogP contribution in [-0.4, -0.2) is 10.1 Å². The van der Waals surface area contributed by atoms with Gasteiger partial charge in [-0.2, -0.15) is 0 Å². The maximum absolute atomic E-state index is 10.1. The van der Waals surface area contributed by atoms with Crippen LogP contribution >= 0.6 is 11.3 Å². The fourth-order valence-electron chi connectivity index (χ4n) is 2.33. The molecule has 106 valence electrons. The summed E-state index contributed by atoms with van der Waals surface area (Å²) in [6, 6.07) is 20.3. The van der Waals surface area contributed by atoms with Crippen molar-refractivity contribution in [2.45, 2.75) is 19.3 Å². The highest BCUT2D eigenvalue weighted by Crippen LogP contribution is 2.34. The molecule has 1 aromatic heterocycles. The number of aromatic nitrogens is 1. The first-order valence-electron chi connectivity index (χ1n) is 7.11. The Bertz CT molecular complexity index is 692. The number of rotatable bonds is 5. The second kappa shape index (κ2) is 6.55. The van der Waals surface area contributed by atoms with Crippen molar-refractivity contribution in [3.8, 4) is 16.3 Å². The topological polar surface area (TPSA) is 33.1 Å². The molecule has 0 aliphatic rings. The first kappa shape index (κ1) is 13.8. The van der Waals surface area contributed by atoms with Gasteiger partial charge in [0.2, 0.25) is 0 Å². The summed E-state index contributed by atoms with van der Waals surface area (Å²) in [6.45, 7) is 0. The first-order valence-corrected chi connectivity index (χ1v) is 7.92. The minimum absolute atomic E-state index is 0.316. The summed E-state index contributed by atoms with van der Waals surface area (Å²) >= 11 is 1.39. The SMILES string of the molecule is Oc1sc(CCCc2ccccc2)nc1-c1ccccc1. The maximum Gasteiger partial charge on any atom is 0.199 e. The zero-order valence-corrected chi connectivity index (χ0v) is 12.5. The van der Waals surface area contributed by atoms with Gasteiger partial charge in [0.05, 0.1) is 5.01 Å². The molecule has 0 aliphatic heterocycles. The van der Waals surface area contributed by atoms with E-state index >= 15 is 0 Å². The molecule has 0 amide bonds. The zero-order valence-electron chi connectivity index (χ0n) is 11.7. The van der Waals surface area contributed by atoms with Gasteiger partial charge < -0.3 is 5.11 Å². The molecule has 2 aromatic carbocycles. The third kappa shape index (κ3) is 3.50. The lowest BCUT2D eigenvalue weighted by Crippen LogP contribution is -1.89. The summed E-state index contributed by atoms with van der Waals surface area (Å²) < 4.78 is 0. The van der Waals surface area contributed by atoms with Crippen LogP contribution in [0.5, 0.6) is 5.06 Å². The summed E-state index contributed by atoms with van der Waals surface area (Å²) in [5.41, 5.74) is 3.03. The number of benzene rings is 2. The third-order valence-electron chi connectivity index (χ3n) is 3.40. The van der Waals surface area contributed by atoms with Gasteiger partial charge in [-0.25, -0.2) is 4.98 Å². The Morgan fingerprint density at radius 2 is 1.52 bits per heavy atom. The lowest BCUT2D eigenvalue weighted by molar-refractivity contribution is 0.491.